The molecule has 0 bridgehead atoms. The lowest BCUT2D eigenvalue weighted by molar-refractivity contribution is -0.138. The van der Waals surface area contributed by atoms with Gasteiger partial charge in [0.1, 0.15) is 6.04 Å². The first-order chi connectivity index (χ1) is 8.77. The molecule has 0 fully saturated rings. The van der Waals surface area contributed by atoms with Crippen LogP contribution < -0.4 is 5.73 Å². The predicted molar refractivity (Wildman–Crippen MR) is 68.8 cm³/mol. The van der Waals surface area contributed by atoms with Gasteiger partial charge in [0.15, 0.2) is 11.5 Å². The summed E-state index contributed by atoms with van der Waals surface area (Å²) in [5, 5.41) is 26.6. The zero-order chi connectivity index (χ0) is 15.0. The summed E-state index contributed by atoms with van der Waals surface area (Å²) in [6.07, 6.45) is 0.864. The summed E-state index contributed by atoms with van der Waals surface area (Å²) in [6, 6.07) is 3.09. The number of aliphatic carboxylic acids is 1. The van der Waals surface area contributed by atoms with E-state index >= 15 is 0 Å². The standard InChI is InChI=1S/C9H11NO4.C3H7NO/c10-6(9(13)14)3-5-1-2-7(11)8(12)4-5;1-4(2)3-5/h1-2,4,6,11-12H,3,10H2,(H,13,14);3H,1-2H3. The lowest BCUT2D eigenvalue weighted by Crippen LogP contribution is -2.32. The Morgan fingerprint density at radius 1 is 1.37 bits per heavy atom. The van der Waals surface area contributed by atoms with Gasteiger partial charge in [-0.2, -0.15) is 0 Å². The number of hydrogen-bond acceptors (Lipinski definition) is 5. The van der Waals surface area contributed by atoms with Crippen LogP contribution in [0.25, 0.3) is 0 Å². The van der Waals surface area contributed by atoms with E-state index in [1.54, 1.807) is 14.1 Å². The van der Waals surface area contributed by atoms with E-state index in [1.807, 2.05) is 0 Å². The number of phenolic OH excluding ortho intramolecular Hbond substituents is 2. The van der Waals surface area contributed by atoms with Crippen molar-refractivity contribution in [3.8, 4) is 11.5 Å². The monoisotopic (exact) mass is 270 g/mol. The number of benzene rings is 1. The van der Waals surface area contributed by atoms with Gasteiger partial charge in [-0.1, -0.05) is 6.07 Å². The maximum atomic E-state index is 10.4. The van der Waals surface area contributed by atoms with Crippen molar-refractivity contribution in [2.24, 2.45) is 5.73 Å². The van der Waals surface area contributed by atoms with Gasteiger partial charge in [0.05, 0.1) is 0 Å². The number of rotatable bonds is 4. The number of carboxylic acid groups (broad SMARTS) is 1. The van der Waals surface area contributed by atoms with Crippen LogP contribution in [0.4, 0.5) is 0 Å². The molecule has 0 saturated heterocycles. The molecule has 1 unspecified atom stereocenters. The van der Waals surface area contributed by atoms with Crippen LogP contribution in [-0.2, 0) is 16.0 Å². The summed E-state index contributed by atoms with van der Waals surface area (Å²) >= 11 is 0. The molecule has 1 aromatic rings. The fourth-order valence-corrected chi connectivity index (χ4v) is 1.04. The van der Waals surface area contributed by atoms with Gasteiger partial charge >= 0.3 is 5.97 Å². The van der Waals surface area contributed by atoms with Crippen molar-refractivity contribution in [1.82, 2.24) is 4.90 Å². The molecule has 0 aliphatic rings. The SMILES string of the molecule is CN(C)C=O.NC(Cc1ccc(O)c(O)c1)C(=O)O. The van der Waals surface area contributed by atoms with E-state index in [0.29, 0.717) is 5.56 Å². The molecule has 0 saturated carbocycles. The molecule has 5 N–H and O–H groups in total. The predicted octanol–water partition coefficient (Wildman–Crippen LogP) is -0.243. The molecular weight excluding hydrogens is 252 g/mol. The Labute approximate surface area is 110 Å². The fourth-order valence-electron chi connectivity index (χ4n) is 1.04. The number of nitrogens with two attached hydrogens (primary N) is 1. The summed E-state index contributed by atoms with van der Waals surface area (Å²) in [4.78, 5) is 21.3. The first-order valence-corrected chi connectivity index (χ1v) is 5.39. The number of aromatic hydroxyl groups is 2. The van der Waals surface area contributed by atoms with Crippen LogP contribution in [0.5, 0.6) is 11.5 Å². The van der Waals surface area contributed by atoms with E-state index < -0.39 is 12.0 Å². The zero-order valence-corrected chi connectivity index (χ0v) is 10.8. The average Bonchev–Trinajstić information content (AvgIpc) is 2.34. The fraction of sp³-hybridized carbons (Fsp3) is 0.333. The Morgan fingerprint density at radius 3 is 2.26 bits per heavy atom. The van der Waals surface area contributed by atoms with Gasteiger partial charge in [0.2, 0.25) is 6.41 Å². The van der Waals surface area contributed by atoms with Crippen molar-refractivity contribution in [2.45, 2.75) is 12.5 Å². The molecule has 0 radical (unpaired) electrons. The van der Waals surface area contributed by atoms with E-state index in [-0.39, 0.29) is 17.9 Å². The minimum Gasteiger partial charge on any atom is -0.504 e. The molecule has 19 heavy (non-hydrogen) atoms. The van der Waals surface area contributed by atoms with Crippen molar-refractivity contribution >= 4 is 12.4 Å². The minimum absolute atomic E-state index is 0.114. The summed E-state index contributed by atoms with van der Waals surface area (Å²) in [5.74, 6) is -1.62. The van der Waals surface area contributed by atoms with E-state index in [2.05, 4.69) is 0 Å². The molecule has 1 amide bonds. The highest BCUT2D eigenvalue weighted by Gasteiger charge is 2.12. The average molecular weight is 270 g/mol. The molecule has 0 aliphatic heterocycles. The van der Waals surface area contributed by atoms with Gasteiger partial charge in [-0.05, 0) is 24.1 Å². The van der Waals surface area contributed by atoms with Crippen LogP contribution in [0, 0.1) is 0 Å². The van der Waals surface area contributed by atoms with Gasteiger partial charge in [-0.25, -0.2) is 0 Å². The smallest absolute Gasteiger partial charge is 0.320 e. The summed E-state index contributed by atoms with van der Waals surface area (Å²) in [5.41, 5.74) is 5.86. The quantitative estimate of drug-likeness (QED) is 0.442. The Bertz CT molecular complexity index is 434. The lowest BCUT2D eigenvalue weighted by atomic mass is 10.1. The third-order valence-electron chi connectivity index (χ3n) is 2.02. The molecule has 1 rings (SSSR count). The Balaban J connectivity index is 0.000000555. The second-order valence-corrected chi connectivity index (χ2v) is 4.04. The second kappa shape index (κ2) is 7.93. The lowest BCUT2D eigenvalue weighted by Gasteiger charge is -2.06. The number of nitrogens with zero attached hydrogens (tertiary/aromatic N) is 1. The van der Waals surface area contributed by atoms with Gasteiger partial charge in [-0.15, -0.1) is 0 Å². The third kappa shape index (κ3) is 6.89. The Kier molecular flexibility index (Phi) is 6.98. The highest BCUT2D eigenvalue weighted by Crippen LogP contribution is 2.25. The van der Waals surface area contributed by atoms with Gasteiger partial charge < -0.3 is 26.0 Å². The van der Waals surface area contributed by atoms with Crippen molar-refractivity contribution in [3.05, 3.63) is 23.8 Å². The number of carboxylic acids is 1. The maximum absolute atomic E-state index is 10.4. The van der Waals surface area contributed by atoms with Crippen LogP contribution in [-0.4, -0.2) is 52.7 Å². The van der Waals surface area contributed by atoms with Crippen molar-refractivity contribution in [3.63, 3.8) is 0 Å². The number of amides is 1. The molecule has 0 aromatic heterocycles. The van der Waals surface area contributed by atoms with E-state index in [1.165, 1.54) is 23.1 Å². The van der Waals surface area contributed by atoms with Crippen molar-refractivity contribution in [1.29, 1.82) is 0 Å². The van der Waals surface area contributed by atoms with Gasteiger partial charge in [-0.3, -0.25) is 9.59 Å². The van der Waals surface area contributed by atoms with E-state index in [4.69, 9.17) is 21.1 Å². The Hall–Kier alpha value is -2.28. The molecule has 106 valence electrons. The number of carbonyl (C=O) groups excluding carboxylic acids is 1. The Morgan fingerprint density at radius 2 is 1.89 bits per heavy atom. The molecule has 1 atom stereocenters. The van der Waals surface area contributed by atoms with E-state index in [0.717, 1.165) is 6.41 Å². The second-order valence-electron chi connectivity index (χ2n) is 4.04. The van der Waals surface area contributed by atoms with Crippen LogP contribution in [0.15, 0.2) is 18.2 Å². The summed E-state index contributed by atoms with van der Waals surface area (Å²) in [7, 11) is 3.38. The largest absolute Gasteiger partial charge is 0.504 e. The highest BCUT2D eigenvalue weighted by atomic mass is 16.4. The molecule has 0 spiro atoms. The number of phenols is 2. The minimum atomic E-state index is -1.10. The van der Waals surface area contributed by atoms with Crippen LogP contribution in [0.2, 0.25) is 0 Å². The molecule has 0 heterocycles. The van der Waals surface area contributed by atoms with E-state index in [9.17, 15) is 9.59 Å². The van der Waals surface area contributed by atoms with Crippen molar-refractivity contribution < 1.29 is 24.9 Å². The highest BCUT2D eigenvalue weighted by molar-refractivity contribution is 5.73. The molecule has 1 aromatic carbocycles. The van der Waals surface area contributed by atoms with Crippen LogP contribution in [0.3, 0.4) is 0 Å². The number of hydrogen-bond donors (Lipinski definition) is 4. The number of carbonyl (C=O) groups is 2. The molecule has 7 heteroatoms. The topological polar surface area (TPSA) is 124 Å². The third-order valence-corrected chi connectivity index (χ3v) is 2.02. The zero-order valence-electron chi connectivity index (χ0n) is 10.8. The normalized spacial score (nSPS) is 10.9. The maximum Gasteiger partial charge on any atom is 0.320 e. The van der Waals surface area contributed by atoms with Gasteiger partial charge in [0, 0.05) is 14.1 Å². The van der Waals surface area contributed by atoms with Gasteiger partial charge in [0.25, 0.3) is 0 Å². The summed E-state index contributed by atoms with van der Waals surface area (Å²) < 4.78 is 0. The van der Waals surface area contributed by atoms with Crippen LogP contribution in [0.1, 0.15) is 5.56 Å². The summed E-state index contributed by atoms with van der Waals surface area (Å²) in [6.45, 7) is 0. The molecular formula is C12H18N2O5. The van der Waals surface area contributed by atoms with Crippen molar-refractivity contribution in [2.75, 3.05) is 14.1 Å². The first-order valence-electron chi connectivity index (χ1n) is 5.39. The van der Waals surface area contributed by atoms with Crippen LogP contribution >= 0.6 is 0 Å². The molecule has 7 nitrogen and oxygen atoms in total. The molecule has 0 aliphatic carbocycles. The first kappa shape index (κ1) is 16.7.